The Labute approximate surface area is 133 Å². The lowest BCUT2D eigenvalue weighted by Crippen LogP contribution is -2.48. The van der Waals surface area contributed by atoms with Gasteiger partial charge in [-0.25, -0.2) is 0 Å². The summed E-state index contributed by atoms with van der Waals surface area (Å²) in [6, 6.07) is 6.10. The van der Waals surface area contributed by atoms with E-state index >= 15 is 0 Å². The molecular formula is C15H20BrClN2O. The van der Waals surface area contributed by atoms with Crippen LogP contribution in [0.5, 0.6) is 0 Å². The van der Waals surface area contributed by atoms with E-state index in [9.17, 15) is 0 Å². The highest BCUT2D eigenvalue weighted by molar-refractivity contribution is 9.10. The number of nitrogens with two attached hydrogens (primary N) is 1. The summed E-state index contributed by atoms with van der Waals surface area (Å²) in [5, 5.41) is 0.754. The number of halogens is 2. The fourth-order valence-electron chi connectivity index (χ4n) is 3.51. The molecule has 1 saturated heterocycles. The predicted octanol–water partition coefficient (Wildman–Crippen LogP) is 3.96. The van der Waals surface area contributed by atoms with E-state index in [0.717, 1.165) is 34.5 Å². The second kappa shape index (κ2) is 5.93. The highest BCUT2D eigenvalue weighted by atomic mass is 79.9. The molecule has 1 aliphatic heterocycles. The smallest absolute Gasteiger partial charge is 0.0686 e. The maximum Gasteiger partial charge on any atom is 0.0686 e. The minimum absolute atomic E-state index is 0.0846. The van der Waals surface area contributed by atoms with Crippen LogP contribution in [0.2, 0.25) is 5.02 Å². The first kappa shape index (κ1) is 14.8. The summed E-state index contributed by atoms with van der Waals surface area (Å²) in [6.45, 7) is 0.828. The Morgan fingerprint density at radius 1 is 1.45 bits per heavy atom. The Morgan fingerprint density at radius 2 is 2.25 bits per heavy atom. The molecule has 2 fully saturated rings. The van der Waals surface area contributed by atoms with Crippen LogP contribution in [0.25, 0.3) is 0 Å². The number of hydrazine groups is 1. The van der Waals surface area contributed by atoms with Crippen molar-refractivity contribution in [2.75, 3.05) is 6.61 Å². The van der Waals surface area contributed by atoms with Crippen molar-refractivity contribution >= 4 is 27.5 Å². The van der Waals surface area contributed by atoms with Crippen molar-refractivity contribution in [3.8, 4) is 0 Å². The Bertz CT molecular complexity index is 493. The normalized spacial score (nSPS) is 26.2. The van der Waals surface area contributed by atoms with Crippen molar-refractivity contribution in [2.24, 2.45) is 11.8 Å². The lowest BCUT2D eigenvalue weighted by atomic mass is 9.70. The molecule has 0 bridgehead atoms. The molecule has 2 unspecified atom stereocenters. The van der Waals surface area contributed by atoms with Gasteiger partial charge < -0.3 is 4.74 Å². The van der Waals surface area contributed by atoms with Gasteiger partial charge in [-0.05, 0) is 65.6 Å². The average Bonchev–Trinajstić information content (AvgIpc) is 2.43. The Morgan fingerprint density at radius 3 is 2.90 bits per heavy atom. The third-order valence-electron chi connectivity index (χ3n) is 4.76. The van der Waals surface area contributed by atoms with Gasteiger partial charge >= 0.3 is 0 Å². The Hall–Kier alpha value is -0.130. The first-order valence-corrected chi connectivity index (χ1v) is 8.36. The summed E-state index contributed by atoms with van der Waals surface area (Å²) < 4.78 is 6.92. The van der Waals surface area contributed by atoms with E-state index in [1.54, 1.807) is 0 Å². The van der Waals surface area contributed by atoms with Gasteiger partial charge in [-0.1, -0.05) is 23.7 Å². The van der Waals surface area contributed by atoms with Crippen molar-refractivity contribution in [3.05, 3.63) is 33.3 Å². The van der Waals surface area contributed by atoms with Crippen molar-refractivity contribution in [1.29, 1.82) is 0 Å². The molecule has 3 N–H and O–H groups in total. The standard InChI is InChI=1S/C15H20BrClN2O/c16-12-4-1-3-11(13(12)17)14(19-18)10-5-8-20-15(9-10)6-2-7-15/h1,3-4,10,14,19H,2,5-9,18H2. The molecule has 5 heteroatoms. The fourth-order valence-corrected chi connectivity index (χ4v) is 4.14. The average molecular weight is 360 g/mol. The molecule has 3 rings (SSSR count). The van der Waals surface area contributed by atoms with Crippen LogP contribution in [0, 0.1) is 5.92 Å². The van der Waals surface area contributed by atoms with Gasteiger partial charge in [0.25, 0.3) is 0 Å². The summed E-state index contributed by atoms with van der Waals surface area (Å²) in [4.78, 5) is 0. The largest absolute Gasteiger partial charge is 0.375 e. The second-order valence-corrected chi connectivity index (χ2v) is 7.16. The van der Waals surface area contributed by atoms with Gasteiger partial charge in [0.05, 0.1) is 16.7 Å². The maximum absolute atomic E-state index is 6.43. The van der Waals surface area contributed by atoms with Gasteiger partial charge in [-0.3, -0.25) is 11.3 Å². The third kappa shape index (κ3) is 2.64. The zero-order chi connectivity index (χ0) is 14.2. The van der Waals surface area contributed by atoms with Crippen molar-refractivity contribution in [1.82, 2.24) is 5.43 Å². The molecule has 3 nitrogen and oxygen atoms in total. The SMILES string of the molecule is NNC(c1cccc(Br)c1Cl)C1CCOC2(CCC2)C1. The summed E-state index contributed by atoms with van der Waals surface area (Å²) in [7, 11) is 0. The van der Waals surface area contributed by atoms with E-state index in [2.05, 4.69) is 27.4 Å². The summed E-state index contributed by atoms with van der Waals surface area (Å²) in [6.07, 6.45) is 5.76. The summed E-state index contributed by atoms with van der Waals surface area (Å²) >= 11 is 9.92. The molecule has 1 saturated carbocycles. The minimum Gasteiger partial charge on any atom is -0.375 e. The van der Waals surface area contributed by atoms with Gasteiger partial charge in [0, 0.05) is 11.1 Å². The molecule has 0 aromatic heterocycles. The molecule has 1 aromatic carbocycles. The molecule has 0 amide bonds. The lowest BCUT2D eigenvalue weighted by Gasteiger charge is -2.48. The predicted molar refractivity (Wildman–Crippen MR) is 84.5 cm³/mol. The highest BCUT2D eigenvalue weighted by Crippen LogP contribution is 2.47. The van der Waals surface area contributed by atoms with Crippen molar-refractivity contribution < 1.29 is 4.74 Å². The number of nitrogens with one attached hydrogen (secondary N) is 1. The Balaban J connectivity index is 1.84. The van der Waals surface area contributed by atoms with Crippen LogP contribution in [-0.2, 0) is 4.74 Å². The van der Waals surface area contributed by atoms with E-state index < -0.39 is 0 Å². The van der Waals surface area contributed by atoms with Crippen LogP contribution in [0.1, 0.15) is 43.7 Å². The van der Waals surface area contributed by atoms with Crippen LogP contribution in [0.15, 0.2) is 22.7 Å². The molecule has 1 spiro atoms. The van der Waals surface area contributed by atoms with Crippen LogP contribution in [-0.4, -0.2) is 12.2 Å². The van der Waals surface area contributed by atoms with Gasteiger partial charge in [-0.2, -0.15) is 0 Å². The fraction of sp³-hybridized carbons (Fsp3) is 0.600. The van der Waals surface area contributed by atoms with Crippen molar-refractivity contribution in [2.45, 2.75) is 43.7 Å². The molecule has 20 heavy (non-hydrogen) atoms. The van der Waals surface area contributed by atoms with Crippen molar-refractivity contribution in [3.63, 3.8) is 0 Å². The van der Waals surface area contributed by atoms with Crippen LogP contribution < -0.4 is 11.3 Å². The monoisotopic (exact) mass is 358 g/mol. The first-order chi connectivity index (χ1) is 9.65. The second-order valence-electron chi connectivity index (χ2n) is 5.93. The van der Waals surface area contributed by atoms with E-state index in [-0.39, 0.29) is 11.6 Å². The molecular weight excluding hydrogens is 340 g/mol. The van der Waals surface area contributed by atoms with E-state index in [1.165, 1.54) is 19.3 Å². The summed E-state index contributed by atoms with van der Waals surface area (Å²) in [5.41, 5.74) is 4.18. The summed E-state index contributed by atoms with van der Waals surface area (Å²) in [5.74, 6) is 6.31. The number of hydrogen-bond donors (Lipinski definition) is 2. The molecule has 2 atom stereocenters. The van der Waals surface area contributed by atoms with Crippen LogP contribution in [0.3, 0.4) is 0 Å². The highest BCUT2D eigenvalue weighted by Gasteiger charge is 2.44. The number of rotatable bonds is 3. The lowest BCUT2D eigenvalue weighted by molar-refractivity contribution is -0.147. The Kier molecular flexibility index (Phi) is 4.39. The number of hydrogen-bond acceptors (Lipinski definition) is 3. The molecule has 2 aliphatic rings. The zero-order valence-corrected chi connectivity index (χ0v) is 13.7. The molecule has 1 aromatic rings. The number of benzene rings is 1. The van der Waals surface area contributed by atoms with E-state index in [1.807, 2.05) is 12.1 Å². The molecule has 1 heterocycles. The molecule has 0 radical (unpaired) electrons. The van der Waals surface area contributed by atoms with Crippen LogP contribution in [0.4, 0.5) is 0 Å². The zero-order valence-electron chi connectivity index (χ0n) is 11.4. The van der Waals surface area contributed by atoms with Gasteiger partial charge in [-0.15, -0.1) is 0 Å². The van der Waals surface area contributed by atoms with E-state index in [4.69, 9.17) is 22.2 Å². The maximum atomic E-state index is 6.43. The molecule has 110 valence electrons. The number of ether oxygens (including phenoxy) is 1. The van der Waals surface area contributed by atoms with Gasteiger partial charge in [0.1, 0.15) is 0 Å². The van der Waals surface area contributed by atoms with E-state index in [0.29, 0.717) is 5.92 Å². The topological polar surface area (TPSA) is 47.3 Å². The third-order valence-corrected chi connectivity index (χ3v) is 6.07. The molecule has 1 aliphatic carbocycles. The first-order valence-electron chi connectivity index (χ1n) is 7.19. The van der Waals surface area contributed by atoms with Gasteiger partial charge in [0.15, 0.2) is 0 Å². The van der Waals surface area contributed by atoms with Gasteiger partial charge in [0.2, 0.25) is 0 Å². The van der Waals surface area contributed by atoms with Crippen LogP contribution >= 0.6 is 27.5 Å². The quantitative estimate of drug-likeness (QED) is 0.634. The minimum atomic E-state index is 0.0846.